The third kappa shape index (κ3) is 4.41. The molecule has 0 amide bonds. The summed E-state index contributed by atoms with van der Waals surface area (Å²) in [5, 5.41) is 3.37. The van der Waals surface area contributed by atoms with Gasteiger partial charge in [0.25, 0.3) is 10.2 Å². The highest BCUT2D eigenvalue weighted by atomic mass is 32.2. The van der Waals surface area contributed by atoms with Gasteiger partial charge in [-0.25, -0.2) is 0 Å². The number of nitrogens with zero attached hydrogens (tertiary/aromatic N) is 2. The van der Waals surface area contributed by atoms with Crippen LogP contribution in [0.25, 0.3) is 0 Å². The molecule has 0 unspecified atom stereocenters. The molecule has 1 N–H and O–H groups in total. The summed E-state index contributed by atoms with van der Waals surface area (Å²) in [6.45, 7) is 8.74. The normalized spacial score (nSPS) is 22.6. The highest BCUT2D eigenvalue weighted by Gasteiger charge is 2.34. The van der Waals surface area contributed by atoms with E-state index in [9.17, 15) is 8.42 Å². The molecule has 1 aliphatic heterocycles. The van der Waals surface area contributed by atoms with E-state index in [1.807, 2.05) is 6.92 Å². The Morgan fingerprint density at radius 3 is 2.24 bits per heavy atom. The summed E-state index contributed by atoms with van der Waals surface area (Å²) in [5.74, 6) is 1.21. The van der Waals surface area contributed by atoms with Gasteiger partial charge in [0.05, 0.1) is 0 Å². The molecule has 1 heterocycles. The van der Waals surface area contributed by atoms with Gasteiger partial charge in [-0.15, -0.1) is 0 Å². The maximum atomic E-state index is 12.7. The van der Waals surface area contributed by atoms with E-state index in [1.165, 1.54) is 19.3 Å². The van der Waals surface area contributed by atoms with Crippen molar-refractivity contribution in [3.05, 3.63) is 0 Å². The largest absolute Gasteiger partial charge is 0.317 e. The van der Waals surface area contributed by atoms with Gasteiger partial charge in [0.2, 0.25) is 0 Å². The van der Waals surface area contributed by atoms with Crippen molar-refractivity contribution >= 4 is 10.2 Å². The average molecular weight is 317 g/mol. The minimum absolute atomic E-state index is 0.589. The fourth-order valence-corrected chi connectivity index (χ4v) is 4.93. The summed E-state index contributed by atoms with van der Waals surface area (Å²) in [6, 6.07) is 0. The molecule has 0 spiro atoms. The molecule has 0 bridgehead atoms. The van der Waals surface area contributed by atoms with Crippen molar-refractivity contribution < 1.29 is 8.42 Å². The zero-order chi connectivity index (χ0) is 15.3. The Kier molecular flexibility index (Phi) is 6.47. The average Bonchev–Trinajstić information content (AvgIpc) is 2.44. The molecule has 5 nitrogen and oxygen atoms in total. The SMILES string of the molecule is CCNCC1CCN(S(=O)(=O)N(CC)CC2CCC2)CC1. The molecular weight excluding hydrogens is 286 g/mol. The molecule has 2 aliphatic rings. The second kappa shape index (κ2) is 7.90. The van der Waals surface area contributed by atoms with Gasteiger partial charge in [0.15, 0.2) is 0 Å². The van der Waals surface area contributed by atoms with Gasteiger partial charge >= 0.3 is 0 Å². The van der Waals surface area contributed by atoms with E-state index < -0.39 is 10.2 Å². The van der Waals surface area contributed by atoms with Crippen LogP contribution in [0.1, 0.15) is 46.0 Å². The van der Waals surface area contributed by atoms with Crippen LogP contribution in [0.15, 0.2) is 0 Å². The lowest BCUT2D eigenvalue weighted by molar-refractivity contribution is 0.220. The minimum atomic E-state index is -3.24. The molecule has 1 aliphatic carbocycles. The van der Waals surface area contributed by atoms with Gasteiger partial charge < -0.3 is 5.32 Å². The van der Waals surface area contributed by atoms with E-state index in [4.69, 9.17) is 0 Å². The van der Waals surface area contributed by atoms with Gasteiger partial charge in [-0.05, 0) is 50.6 Å². The van der Waals surface area contributed by atoms with Crippen LogP contribution in [0.4, 0.5) is 0 Å². The van der Waals surface area contributed by atoms with E-state index in [0.717, 1.165) is 32.5 Å². The van der Waals surface area contributed by atoms with E-state index in [-0.39, 0.29) is 0 Å². The summed E-state index contributed by atoms with van der Waals surface area (Å²) in [7, 11) is -3.24. The van der Waals surface area contributed by atoms with Crippen LogP contribution >= 0.6 is 0 Å². The Morgan fingerprint density at radius 2 is 1.76 bits per heavy atom. The maximum Gasteiger partial charge on any atom is 0.281 e. The van der Waals surface area contributed by atoms with Crippen molar-refractivity contribution in [1.29, 1.82) is 0 Å². The lowest BCUT2D eigenvalue weighted by Crippen LogP contribution is -2.49. The number of nitrogens with one attached hydrogen (secondary N) is 1. The van der Waals surface area contributed by atoms with Crippen molar-refractivity contribution in [1.82, 2.24) is 13.9 Å². The molecule has 2 fully saturated rings. The van der Waals surface area contributed by atoms with Gasteiger partial charge in [-0.1, -0.05) is 20.3 Å². The molecule has 2 rings (SSSR count). The standard InChI is InChI=1S/C15H31N3O2S/c1-3-16-12-14-8-10-18(11-9-14)21(19,20)17(4-2)13-15-6-5-7-15/h14-16H,3-13H2,1-2H3. The monoisotopic (exact) mass is 317 g/mol. The highest BCUT2D eigenvalue weighted by Crippen LogP contribution is 2.29. The lowest BCUT2D eigenvalue weighted by Gasteiger charge is -2.37. The van der Waals surface area contributed by atoms with E-state index in [1.54, 1.807) is 8.61 Å². The zero-order valence-corrected chi connectivity index (χ0v) is 14.4. The molecule has 0 radical (unpaired) electrons. The number of hydrogen-bond acceptors (Lipinski definition) is 3. The van der Waals surface area contributed by atoms with Gasteiger partial charge in [-0.2, -0.15) is 17.0 Å². The smallest absolute Gasteiger partial charge is 0.281 e. The van der Waals surface area contributed by atoms with Crippen LogP contribution in [-0.2, 0) is 10.2 Å². The minimum Gasteiger partial charge on any atom is -0.317 e. The van der Waals surface area contributed by atoms with E-state index in [0.29, 0.717) is 31.5 Å². The van der Waals surface area contributed by atoms with Gasteiger partial charge in [-0.3, -0.25) is 0 Å². The van der Waals surface area contributed by atoms with Crippen LogP contribution in [-0.4, -0.2) is 56.3 Å². The predicted octanol–water partition coefficient (Wildman–Crippen LogP) is 1.67. The molecule has 1 saturated heterocycles. The fraction of sp³-hybridized carbons (Fsp3) is 1.00. The molecule has 124 valence electrons. The summed E-state index contributed by atoms with van der Waals surface area (Å²) in [4.78, 5) is 0. The highest BCUT2D eigenvalue weighted by molar-refractivity contribution is 7.86. The lowest BCUT2D eigenvalue weighted by atomic mass is 9.85. The van der Waals surface area contributed by atoms with Crippen molar-refractivity contribution in [2.75, 3.05) is 39.3 Å². The topological polar surface area (TPSA) is 52.7 Å². The van der Waals surface area contributed by atoms with Gasteiger partial charge in [0.1, 0.15) is 0 Å². The third-order valence-electron chi connectivity index (χ3n) is 4.95. The molecule has 21 heavy (non-hydrogen) atoms. The van der Waals surface area contributed by atoms with Crippen molar-refractivity contribution in [3.63, 3.8) is 0 Å². The second-order valence-electron chi connectivity index (χ2n) is 6.41. The van der Waals surface area contributed by atoms with Crippen LogP contribution in [0.3, 0.4) is 0 Å². The molecule has 0 aromatic rings. The second-order valence-corrected chi connectivity index (χ2v) is 8.33. The molecule has 0 aromatic heterocycles. The quantitative estimate of drug-likeness (QED) is 0.741. The summed E-state index contributed by atoms with van der Waals surface area (Å²) in [6.07, 6.45) is 5.60. The van der Waals surface area contributed by atoms with E-state index in [2.05, 4.69) is 12.2 Å². The number of hydrogen-bond donors (Lipinski definition) is 1. The molecule has 0 atom stereocenters. The Morgan fingerprint density at radius 1 is 1.10 bits per heavy atom. The van der Waals surface area contributed by atoms with Crippen molar-refractivity contribution in [2.45, 2.75) is 46.0 Å². The Hall–Kier alpha value is -0.170. The first-order valence-corrected chi connectivity index (χ1v) is 9.93. The summed E-state index contributed by atoms with van der Waals surface area (Å²) >= 11 is 0. The maximum absolute atomic E-state index is 12.7. The number of piperidine rings is 1. The Labute approximate surface area is 130 Å². The molecule has 1 saturated carbocycles. The predicted molar refractivity (Wildman–Crippen MR) is 86.3 cm³/mol. The zero-order valence-electron chi connectivity index (χ0n) is 13.6. The summed E-state index contributed by atoms with van der Waals surface area (Å²) in [5.41, 5.74) is 0. The Balaban J connectivity index is 1.86. The van der Waals surface area contributed by atoms with Crippen LogP contribution in [0, 0.1) is 11.8 Å². The van der Waals surface area contributed by atoms with E-state index >= 15 is 0 Å². The fourth-order valence-electron chi connectivity index (χ4n) is 3.21. The van der Waals surface area contributed by atoms with Crippen LogP contribution in [0.2, 0.25) is 0 Å². The first-order valence-electron chi connectivity index (χ1n) is 8.53. The van der Waals surface area contributed by atoms with Crippen molar-refractivity contribution in [3.8, 4) is 0 Å². The molecular formula is C15H31N3O2S. The number of rotatable bonds is 8. The van der Waals surface area contributed by atoms with Crippen LogP contribution in [0.5, 0.6) is 0 Å². The summed E-state index contributed by atoms with van der Waals surface area (Å²) < 4.78 is 28.9. The van der Waals surface area contributed by atoms with Crippen molar-refractivity contribution in [2.24, 2.45) is 11.8 Å². The first kappa shape index (κ1) is 17.2. The molecule has 6 heteroatoms. The third-order valence-corrected chi connectivity index (χ3v) is 7.03. The Bertz CT molecular complexity index is 401. The first-order chi connectivity index (χ1) is 10.1. The van der Waals surface area contributed by atoms with Crippen LogP contribution < -0.4 is 5.32 Å². The molecule has 0 aromatic carbocycles. The van der Waals surface area contributed by atoms with Gasteiger partial charge in [0, 0.05) is 26.2 Å².